The summed E-state index contributed by atoms with van der Waals surface area (Å²) in [6.07, 6.45) is 0. The molecule has 0 atom stereocenters. The van der Waals surface area contributed by atoms with Crippen molar-refractivity contribution in [1.82, 2.24) is 0 Å². The van der Waals surface area contributed by atoms with E-state index in [-0.39, 0.29) is 30.4 Å². The van der Waals surface area contributed by atoms with Crippen LogP contribution >= 0.6 is 0 Å². The number of ether oxygens (including phenoxy) is 1. The molecule has 2 nitrogen and oxygen atoms in total. The molecule has 0 aliphatic rings. The number of carbonyl (C=O) groups is 1. The van der Waals surface area contributed by atoms with Crippen molar-refractivity contribution in [3.05, 3.63) is 0 Å². The predicted molar refractivity (Wildman–Crippen MR) is 42.3 cm³/mol. The maximum atomic E-state index is 11.1. The molecule has 0 radical (unpaired) electrons. The van der Waals surface area contributed by atoms with Crippen LogP contribution in [0.4, 0.5) is 0 Å². The van der Waals surface area contributed by atoms with Gasteiger partial charge >= 0.3 is 72.2 Å². The summed E-state index contributed by atoms with van der Waals surface area (Å²) in [5, 5.41) is 0. The first-order chi connectivity index (χ1) is 4.54. The third-order valence-corrected chi connectivity index (χ3v) is 4.67. The van der Waals surface area contributed by atoms with Gasteiger partial charge in [0.2, 0.25) is 0 Å². The van der Waals surface area contributed by atoms with Crippen molar-refractivity contribution in [2.45, 2.75) is 29.2 Å². The van der Waals surface area contributed by atoms with Gasteiger partial charge in [-0.15, -0.1) is 0 Å². The van der Waals surface area contributed by atoms with Gasteiger partial charge in [-0.3, -0.25) is 0 Å². The molecule has 0 saturated heterocycles. The minimum absolute atomic E-state index is 0.0418. The number of hydrogen-bond acceptors (Lipinski definition) is 2. The minimum atomic E-state index is -0.228. The molecular formula is C7H14O2Te. The normalized spacial score (nSPS) is 11.2. The van der Waals surface area contributed by atoms with Gasteiger partial charge in [-0.2, -0.15) is 0 Å². The van der Waals surface area contributed by atoms with Gasteiger partial charge in [-0.1, -0.05) is 0 Å². The summed E-state index contributed by atoms with van der Waals surface area (Å²) in [6, 6.07) is 0. The Morgan fingerprint density at radius 3 is 2.40 bits per heavy atom. The fourth-order valence-electron chi connectivity index (χ4n) is 0.388. The van der Waals surface area contributed by atoms with E-state index in [0.29, 0.717) is 6.61 Å². The van der Waals surface area contributed by atoms with Crippen LogP contribution in [0.3, 0.4) is 0 Å². The molecule has 0 aliphatic carbocycles. The Labute approximate surface area is 72.4 Å². The van der Waals surface area contributed by atoms with Crippen molar-refractivity contribution < 1.29 is 9.53 Å². The van der Waals surface area contributed by atoms with E-state index in [9.17, 15) is 4.79 Å². The Morgan fingerprint density at radius 2 is 2.10 bits per heavy atom. The van der Waals surface area contributed by atoms with Gasteiger partial charge in [-0.05, 0) is 0 Å². The van der Waals surface area contributed by atoms with Gasteiger partial charge in [0.15, 0.2) is 0 Å². The van der Waals surface area contributed by atoms with Gasteiger partial charge in [0, 0.05) is 0 Å². The quantitative estimate of drug-likeness (QED) is 0.566. The number of esters is 1. The van der Waals surface area contributed by atoms with Gasteiger partial charge in [0.05, 0.1) is 0 Å². The molecule has 60 valence electrons. The second-order valence-corrected chi connectivity index (χ2v) is 6.51. The summed E-state index contributed by atoms with van der Waals surface area (Å²) in [5.74, 6) is -0.0418. The van der Waals surface area contributed by atoms with E-state index in [1.54, 1.807) is 0 Å². The molecule has 0 fully saturated rings. The SMILES string of the molecule is CCOC(=O)C(C)(C)[Te]C. The maximum absolute atomic E-state index is 11.1. The summed E-state index contributed by atoms with van der Waals surface area (Å²) in [5.41, 5.74) is 0. The molecule has 0 saturated carbocycles. The topological polar surface area (TPSA) is 26.3 Å². The van der Waals surface area contributed by atoms with Crippen molar-refractivity contribution in [2.24, 2.45) is 0 Å². The van der Waals surface area contributed by atoms with Gasteiger partial charge in [-0.25, -0.2) is 0 Å². The number of rotatable bonds is 3. The van der Waals surface area contributed by atoms with Crippen LogP contribution in [-0.2, 0) is 9.53 Å². The Morgan fingerprint density at radius 1 is 1.60 bits per heavy atom. The first-order valence-electron chi connectivity index (χ1n) is 3.27. The molecule has 0 bridgehead atoms. The summed E-state index contributed by atoms with van der Waals surface area (Å²) in [7, 11) is 0. The Kier molecular flexibility index (Phi) is 4.31. The summed E-state index contributed by atoms with van der Waals surface area (Å²) >= 11 is -0.228. The summed E-state index contributed by atoms with van der Waals surface area (Å²) in [4.78, 5) is 13.2. The van der Waals surface area contributed by atoms with Crippen LogP contribution in [-0.4, -0.2) is 33.5 Å². The van der Waals surface area contributed by atoms with E-state index in [1.165, 1.54) is 0 Å². The molecule has 0 aromatic rings. The van der Waals surface area contributed by atoms with Gasteiger partial charge in [0.1, 0.15) is 0 Å². The molecule has 0 aromatic heterocycles. The Hall–Kier alpha value is 0.260. The fourth-order valence-corrected chi connectivity index (χ4v) is 1.03. The van der Waals surface area contributed by atoms with E-state index < -0.39 is 0 Å². The second kappa shape index (κ2) is 4.20. The fraction of sp³-hybridized carbons (Fsp3) is 0.857. The molecule has 0 unspecified atom stereocenters. The van der Waals surface area contributed by atoms with Crippen LogP contribution in [0.25, 0.3) is 0 Å². The summed E-state index contributed by atoms with van der Waals surface area (Å²) in [6.45, 7) is 6.24. The zero-order valence-electron chi connectivity index (χ0n) is 6.93. The third kappa shape index (κ3) is 2.90. The van der Waals surface area contributed by atoms with Crippen LogP contribution in [0.1, 0.15) is 20.8 Å². The van der Waals surface area contributed by atoms with Crippen LogP contribution in [0.2, 0.25) is 8.43 Å². The van der Waals surface area contributed by atoms with E-state index in [0.717, 1.165) is 0 Å². The zero-order valence-corrected chi connectivity index (χ0v) is 9.26. The van der Waals surface area contributed by atoms with Crippen molar-refractivity contribution in [3.8, 4) is 0 Å². The Balaban J connectivity index is 3.91. The number of hydrogen-bond donors (Lipinski definition) is 0. The molecule has 0 aliphatic heterocycles. The monoisotopic (exact) mass is 260 g/mol. The average Bonchev–Trinajstić information content (AvgIpc) is 1.89. The van der Waals surface area contributed by atoms with Gasteiger partial charge < -0.3 is 0 Å². The number of carbonyl (C=O) groups excluding carboxylic acids is 1. The first kappa shape index (κ1) is 10.3. The first-order valence-corrected chi connectivity index (χ1v) is 6.76. The van der Waals surface area contributed by atoms with Crippen molar-refractivity contribution >= 4 is 26.9 Å². The predicted octanol–water partition coefficient (Wildman–Crippen LogP) is 1.50. The van der Waals surface area contributed by atoms with Crippen LogP contribution in [0, 0.1) is 0 Å². The zero-order chi connectivity index (χ0) is 8.20. The molecule has 0 spiro atoms. The third-order valence-electron chi connectivity index (χ3n) is 1.28. The van der Waals surface area contributed by atoms with E-state index in [2.05, 4.69) is 4.97 Å². The van der Waals surface area contributed by atoms with Crippen molar-refractivity contribution in [2.75, 3.05) is 6.61 Å². The molecule has 0 heterocycles. The molecule has 10 heavy (non-hydrogen) atoms. The van der Waals surface area contributed by atoms with Crippen LogP contribution < -0.4 is 0 Å². The molecule has 0 amide bonds. The van der Waals surface area contributed by atoms with E-state index in [4.69, 9.17) is 4.74 Å². The van der Waals surface area contributed by atoms with Crippen molar-refractivity contribution in [1.29, 1.82) is 0 Å². The van der Waals surface area contributed by atoms with E-state index in [1.807, 2.05) is 20.8 Å². The standard InChI is InChI=1S/C7H14O2Te/c1-5-9-6(8)7(2,3)10-4/h5H2,1-4H3. The van der Waals surface area contributed by atoms with Crippen molar-refractivity contribution in [3.63, 3.8) is 0 Å². The molecule has 3 heteroatoms. The Bertz CT molecular complexity index is 121. The molecule has 0 aromatic carbocycles. The van der Waals surface area contributed by atoms with Gasteiger partial charge in [0.25, 0.3) is 0 Å². The second-order valence-electron chi connectivity index (χ2n) is 2.43. The summed E-state index contributed by atoms with van der Waals surface area (Å²) < 4.78 is 4.71. The average molecular weight is 258 g/mol. The van der Waals surface area contributed by atoms with Crippen LogP contribution in [0.15, 0.2) is 0 Å². The molecule has 0 N–H and O–H groups in total. The molecule has 0 rings (SSSR count). The van der Waals surface area contributed by atoms with Crippen LogP contribution in [0.5, 0.6) is 0 Å². The molecular weight excluding hydrogens is 244 g/mol. The van der Waals surface area contributed by atoms with E-state index >= 15 is 0 Å².